The first-order chi connectivity index (χ1) is 9.97. The maximum Gasteiger partial charge on any atom is 0.0455 e. The Morgan fingerprint density at radius 2 is 1.90 bits per heavy atom. The summed E-state index contributed by atoms with van der Waals surface area (Å²) in [6.07, 6.45) is 0.870. The van der Waals surface area contributed by atoms with E-state index in [1.807, 2.05) is 25.1 Å². The summed E-state index contributed by atoms with van der Waals surface area (Å²) in [7, 11) is 2.07. The first-order valence-electron chi connectivity index (χ1n) is 6.96. The summed E-state index contributed by atoms with van der Waals surface area (Å²) < 4.78 is 1.10. The Kier molecular flexibility index (Phi) is 5.68. The van der Waals surface area contributed by atoms with Crippen LogP contribution in [0.2, 0.25) is 5.02 Å². The fourth-order valence-electron chi connectivity index (χ4n) is 2.26. The normalized spacial score (nSPS) is 12.2. The Hall–Kier alpha value is -1.03. The van der Waals surface area contributed by atoms with Crippen LogP contribution in [-0.2, 0) is 13.0 Å². The molecule has 0 saturated heterocycles. The summed E-state index contributed by atoms with van der Waals surface area (Å²) in [5.74, 6) is 0. The first kappa shape index (κ1) is 16.3. The lowest BCUT2D eigenvalue weighted by molar-refractivity contribution is 0.736. The number of benzene rings is 2. The van der Waals surface area contributed by atoms with Gasteiger partial charge in [-0.05, 0) is 42.7 Å². The summed E-state index contributed by atoms with van der Waals surface area (Å²) in [6, 6.07) is 14.5. The number of nitrogens with two attached hydrogens (primary N) is 1. The van der Waals surface area contributed by atoms with E-state index in [1.165, 1.54) is 5.56 Å². The largest absolute Gasteiger partial charge is 0.370 e. The highest BCUT2D eigenvalue weighted by Gasteiger charge is 2.08. The summed E-state index contributed by atoms with van der Waals surface area (Å²) in [6.45, 7) is 2.79. The third-order valence-corrected chi connectivity index (χ3v) is 4.49. The van der Waals surface area contributed by atoms with Crippen molar-refractivity contribution in [2.75, 3.05) is 11.9 Å². The monoisotopic (exact) mass is 366 g/mol. The number of rotatable bonds is 5. The predicted molar refractivity (Wildman–Crippen MR) is 95.1 cm³/mol. The minimum Gasteiger partial charge on any atom is -0.370 e. The molecule has 1 unspecified atom stereocenters. The maximum absolute atomic E-state index is 6.22. The van der Waals surface area contributed by atoms with Gasteiger partial charge in [-0.2, -0.15) is 0 Å². The highest BCUT2D eigenvalue weighted by molar-refractivity contribution is 9.10. The highest BCUT2D eigenvalue weighted by Crippen LogP contribution is 2.26. The van der Waals surface area contributed by atoms with Crippen molar-refractivity contribution in [2.24, 2.45) is 5.73 Å². The van der Waals surface area contributed by atoms with Gasteiger partial charge in [-0.25, -0.2) is 0 Å². The van der Waals surface area contributed by atoms with Crippen LogP contribution in [0.1, 0.15) is 18.1 Å². The quantitative estimate of drug-likeness (QED) is 0.835. The van der Waals surface area contributed by atoms with Gasteiger partial charge in [-0.15, -0.1) is 0 Å². The van der Waals surface area contributed by atoms with Gasteiger partial charge >= 0.3 is 0 Å². The van der Waals surface area contributed by atoms with Gasteiger partial charge in [-0.1, -0.05) is 51.8 Å². The van der Waals surface area contributed by atoms with Gasteiger partial charge in [0.2, 0.25) is 0 Å². The second-order valence-electron chi connectivity index (χ2n) is 5.40. The molecule has 2 aromatic rings. The minimum atomic E-state index is 0.160. The SMILES string of the molecule is CC(N)Cc1ccc(N(C)Cc2ccccc2Cl)cc1Br. The number of halogens is 2. The van der Waals surface area contributed by atoms with E-state index < -0.39 is 0 Å². The molecule has 0 bridgehead atoms. The van der Waals surface area contributed by atoms with Crippen LogP contribution in [0, 0.1) is 0 Å². The van der Waals surface area contributed by atoms with E-state index in [2.05, 4.69) is 52.1 Å². The zero-order valence-corrected chi connectivity index (χ0v) is 14.7. The Labute approximate surface area is 140 Å². The van der Waals surface area contributed by atoms with E-state index in [0.29, 0.717) is 0 Å². The minimum absolute atomic E-state index is 0.160. The van der Waals surface area contributed by atoms with Crippen molar-refractivity contribution in [1.29, 1.82) is 0 Å². The van der Waals surface area contributed by atoms with Crippen LogP contribution in [0.25, 0.3) is 0 Å². The molecule has 2 nitrogen and oxygen atoms in total. The van der Waals surface area contributed by atoms with E-state index in [9.17, 15) is 0 Å². The van der Waals surface area contributed by atoms with Gasteiger partial charge in [0.1, 0.15) is 0 Å². The second-order valence-corrected chi connectivity index (χ2v) is 6.67. The van der Waals surface area contributed by atoms with Crippen molar-refractivity contribution in [3.63, 3.8) is 0 Å². The second kappa shape index (κ2) is 7.30. The maximum atomic E-state index is 6.22. The summed E-state index contributed by atoms with van der Waals surface area (Å²) in [4.78, 5) is 2.18. The van der Waals surface area contributed by atoms with Gasteiger partial charge in [0.15, 0.2) is 0 Å². The average molecular weight is 368 g/mol. The van der Waals surface area contributed by atoms with Crippen LogP contribution in [0.4, 0.5) is 5.69 Å². The molecule has 0 fully saturated rings. The summed E-state index contributed by atoms with van der Waals surface area (Å²) in [5, 5.41) is 0.803. The molecule has 4 heteroatoms. The summed E-state index contributed by atoms with van der Waals surface area (Å²) in [5.41, 5.74) is 9.37. The molecular weight excluding hydrogens is 348 g/mol. The molecule has 2 rings (SSSR count). The van der Waals surface area contributed by atoms with Crippen molar-refractivity contribution < 1.29 is 0 Å². The molecule has 1 atom stereocenters. The van der Waals surface area contributed by atoms with Gasteiger partial charge in [0.05, 0.1) is 0 Å². The molecule has 0 aliphatic rings. The lowest BCUT2D eigenvalue weighted by Crippen LogP contribution is -2.19. The molecule has 0 aliphatic carbocycles. The van der Waals surface area contributed by atoms with Crippen molar-refractivity contribution in [1.82, 2.24) is 0 Å². The molecule has 2 N–H and O–H groups in total. The number of nitrogens with zero attached hydrogens (tertiary/aromatic N) is 1. The third-order valence-electron chi connectivity index (χ3n) is 3.38. The molecule has 0 saturated carbocycles. The standard InChI is InChI=1S/C17H20BrClN2/c1-12(20)9-13-7-8-15(10-16(13)18)21(2)11-14-5-3-4-6-17(14)19/h3-8,10,12H,9,11,20H2,1-2H3. The molecule has 2 aromatic carbocycles. The van der Waals surface area contributed by atoms with E-state index in [4.69, 9.17) is 17.3 Å². The Balaban J connectivity index is 2.14. The lowest BCUT2D eigenvalue weighted by atomic mass is 10.1. The van der Waals surface area contributed by atoms with Gasteiger partial charge < -0.3 is 10.6 Å². The Morgan fingerprint density at radius 1 is 1.19 bits per heavy atom. The van der Waals surface area contributed by atoms with Gasteiger partial charge in [0, 0.05) is 34.8 Å². The molecule has 0 aliphatic heterocycles. The van der Waals surface area contributed by atoms with Crippen LogP contribution < -0.4 is 10.6 Å². The molecule has 112 valence electrons. The number of hydrogen-bond acceptors (Lipinski definition) is 2. The van der Waals surface area contributed by atoms with Crippen molar-refractivity contribution >= 4 is 33.2 Å². The molecule has 0 amide bonds. The van der Waals surface area contributed by atoms with E-state index in [-0.39, 0.29) is 6.04 Å². The highest BCUT2D eigenvalue weighted by atomic mass is 79.9. The van der Waals surface area contributed by atoms with Crippen LogP contribution in [-0.4, -0.2) is 13.1 Å². The van der Waals surface area contributed by atoms with Crippen molar-refractivity contribution in [3.8, 4) is 0 Å². The Bertz CT molecular complexity index is 613. The van der Waals surface area contributed by atoms with E-state index in [0.717, 1.165) is 33.7 Å². The topological polar surface area (TPSA) is 29.3 Å². The third kappa shape index (κ3) is 4.47. The molecule has 21 heavy (non-hydrogen) atoms. The molecule has 0 radical (unpaired) electrons. The van der Waals surface area contributed by atoms with Crippen LogP contribution in [0.3, 0.4) is 0 Å². The van der Waals surface area contributed by atoms with Crippen LogP contribution in [0.15, 0.2) is 46.9 Å². The zero-order chi connectivity index (χ0) is 15.4. The molecule has 0 aromatic heterocycles. The van der Waals surface area contributed by atoms with Gasteiger partial charge in [0.25, 0.3) is 0 Å². The average Bonchev–Trinajstić information content (AvgIpc) is 2.43. The molecular formula is C17H20BrClN2. The zero-order valence-electron chi connectivity index (χ0n) is 12.3. The number of anilines is 1. The van der Waals surface area contributed by atoms with Crippen molar-refractivity contribution in [2.45, 2.75) is 25.9 Å². The van der Waals surface area contributed by atoms with E-state index >= 15 is 0 Å². The first-order valence-corrected chi connectivity index (χ1v) is 8.13. The smallest absolute Gasteiger partial charge is 0.0455 e. The Morgan fingerprint density at radius 3 is 2.52 bits per heavy atom. The fourth-order valence-corrected chi connectivity index (χ4v) is 2.98. The fraction of sp³-hybridized carbons (Fsp3) is 0.294. The lowest BCUT2D eigenvalue weighted by Gasteiger charge is -2.21. The number of hydrogen-bond donors (Lipinski definition) is 1. The van der Waals surface area contributed by atoms with Crippen molar-refractivity contribution in [3.05, 3.63) is 63.1 Å². The van der Waals surface area contributed by atoms with Crippen LogP contribution >= 0.6 is 27.5 Å². The van der Waals surface area contributed by atoms with Gasteiger partial charge in [-0.3, -0.25) is 0 Å². The van der Waals surface area contributed by atoms with E-state index in [1.54, 1.807) is 0 Å². The molecule has 0 heterocycles. The summed E-state index contributed by atoms with van der Waals surface area (Å²) >= 11 is 9.86. The predicted octanol–water partition coefficient (Wildman–Crippen LogP) is 4.63. The van der Waals surface area contributed by atoms with Crippen LogP contribution in [0.5, 0.6) is 0 Å². The molecule has 0 spiro atoms.